The summed E-state index contributed by atoms with van der Waals surface area (Å²) < 4.78 is 91.5. The first-order valence-corrected chi connectivity index (χ1v) is 12.9. The Kier molecular flexibility index (Phi) is 9.00. The van der Waals surface area contributed by atoms with Gasteiger partial charge in [0.25, 0.3) is 5.91 Å². The van der Waals surface area contributed by atoms with Gasteiger partial charge in [0.1, 0.15) is 6.34 Å². The molecule has 0 bridgehead atoms. The molecule has 1 aromatic heterocycles. The number of aliphatic imine (C=N–C) groups is 1. The van der Waals surface area contributed by atoms with Crippen LogP contribution in [0.5, 0.6) is 0 Å². The van der Waals surface area contributed by atoms with E-state index in [1.165, 1.54) is 28.6 Å². The number of benzene rings is 1. The third kappa shape index (κ3) is 6.79. The SMILES string of the molecule is CC.CC(C1N=CNN1c1ncccn1)N(CC1CC1)C(=O)c1cc(S(=O)C(F)(F)F)cc(C(F)(F)F)c1. The molecule has 3 unspecified atom stereocenters. The van der Waals surface area contributed by atoms with Crippen LogP contribution >= 0.6 is 0 Å². The van der Waals surface area contributed by atoms with Gasteiger partial charge in [0.05, 0.1) is 11.6 Å². The quantitative estimate of drug-likeness (QED) is 0.488. The van der Waals surface area contributed by atoms with E-state index in [4.69, 9.17) is 0 Å². The van der Waals surface area contributed by atoms with Gasteiger partial charge in [0, 0.05) is 29.4 Å². The van der Waals surface area contributed by atoms with Crippen molar-refractivity contribution in [1.82, 2.24) is 20.3 Å². The van der Waals surface area contributed by atoms with E-state index in [9.17, 15) is 35.3 Å². The van der Waals surface area contributed by atoms with Gasteiger partial charge in [-0.15, -0.1) is 0 Å². The van der Waals surface area contributed by atoms with Crippen LogP contribution in [-0.2, 0) is 17.0 Å². The fourth-order valence-electron chi connectivity index (χ4n) is 3.71. The van der Waals surface area contributed by atoms with E-state index in [2.05, 4.69) is 20.4 Å². The van der Waals surface area contributed by atoms with E-state index in [1.54, 1.807) is 13.0 Å². The number of carbonyl (C=O) groups is 1. The molecule has 2 aliphatic rings. The molecule has 15 heteroatoms. The second-order valence-corrected chi connectivity index (χ2v) is 9.81. The molecule has 1 aromatic carbocycles. The Morgan fingerprint density at radius 1 is 1.13 bits per heavy atom. The highest BCUT2D eigenvalue weighted by molar-refractivity contribution is 7.86. The zero-order valence-corrected chi connectivity index (χ0v) is 21.4. The molecule has 2 heterocycles. The van der Waals surface area contributed by atoms with Crippen molar-refractivity contribution in [3.8, 4) is 0 Å². The molecule has 8 nitrogen and oxygen atoms in total. The highest BCUT2D eigenvalue weighted by atomic mass is 32.2. The fourth-order valence-corrected chi connectivity index (χ4v) is 4.45. The zero-order valence-electron chi connectivity index (χ0n) is 20.6. The van der Waals surface area contributed by atoms with Gasteiger partial charge < -0.3 is 4.90 Å². The number of halogens is 6. The average molecular weight is 565 g/mol. The number of anilines is 1. The zero-order chi connectivity index (χ0) is 28.3. The third-order valence-electron chi connectivity index (χ3n) is 5.70. The first-order chi connectivity index (χ1) is 17.9. The van der Waals surface area contributed by atoms with Crippen LogP contribution in [-0.4, -0.2) is 55.6 Å². The molecule has 1 fully saturated rings. The molecule has 4 rings (SSSR count). The summed E-state index contributed by atoms with van der Waals surface area (Å²) in [5.74, 6) is -0.615. The lowest BCUT2D eigenvalue weighted by Crippen LogP contribution is -2.53. The Labute approximate surface area is 217 Å². The number of hydrogen-bond acceptors (Lipinski definition) is 7. The summed E-state index contributed by atoms with van der Waals surface area (Å²) in [6.07, 6.45) is 0.0793. The standard InChI is InChI=1S/C21H20F6N6O2S.C2H6/c1-12(17-30-11-31-33(17)19-28-5-2-6-29-19)32(10-13-3-4-13)18(34)14-7-15(20(22,23)24)9-16(8-14)36(35)21(25,26)27;1-2/h2,5-9,11-13,17H,3-4,10H2,1H3,(H,30,31);1-2H3. The Balaban J connectivity index is 0.00000195. The highest BCUT2D eigenvalue weighted by Gasteiger charge is 2.42. The number of amides is 1. The molecule has 38 heavy (non-hydrogen) atoms. The number of alkyl halides is 6. The van der Waals surface area contributed by atoms with Crippen LogP contribution in [0.3, 0.4) is 0 Å². The van der Waals surface area contributed by atoms with Gasteiger partial charge in [-0.2, -0.15) is 26.3 Å². The van der Waals surface area contributed by atoms with E-state index < -0.39 is 56.6 Å². The molecule has 1 amide bonds. The molecule has 1 saturated carbocycles. The minimum atomic E-state index is -5.30. The third-order valence-corrected chi connectivity index (χ3v) is 6.78. The van der Waals surface area contributed by atoms with Gasteiger partial charge in [0.2, 0.25) is 5.95 Å². The van der Waals surface area contributed by atoms with Crippen LogP contribution < -0.4 is 10.4 Å². The van der Waals surface area contributed by atoms with Gasteiger partial charge in [0.15, 0.2) is 17.0 Å². The minimum absolute atomic E-state index is 0.0887. The summed E-state index contributed by atoms with van der Waals surface area (Å²) in [5, 5.41) is 1.47. The van der Waals surface area contributed by atoms with Gasteiger partial charge in [-0.05, 0) is 49.9 Å². The number of hydrogen-bond donors (Lipinski definition) is 1. The summed E-state index contributed by atoms with van der Waals surface area (Å²) in [4.78, 5) is 26.2. The molecule has 1 aliphatic carbocycles. The summed E-state index contributed by atoms with van der Waals surface area (Å²) in [6, 6.07) is 2.06. The number of rotatable bonds is 7. The van der Waals surface area contributed by atoms with Gasteiger partial charge in [-0.3, -0.25) is 10.2 Å². The van der Waals surface area contributed by atoms with Gasteiger partial charge >= 0.3 is 11.7 Å². The topological polar surface area (TPSA) is 90.8 Å². The lowest BCUT2D eigenvalue weighted by Gasteiger charge is -2.35. The lowest BCUT2D eigenvalue weighted by atomic mass is 10.1. The van der Waals surface area contributed by atoms with Crippen molar-refractivity contribution in [1.29, 1.82) is 0 Å². The minimum Gasteiger partial charge on any atom is -0.332 e. The van der Waals surface area contributed by atoms with Gasteiger partial charge in [-0.1, -0.05) is 13.8 Å². The van der Waals surface area contributed by atoms with Crippen molar-refractivity contribution in [3.05, 3.63) is 47.8 Å². The normalized spacial score (nSPS) is 18.8. The number of carbonyl (C=O) groups excluding carboxylic acids is 1. The molecule has 2 aromatic rings. The molecular formula is C23H26F6N6O2S. The molecule has 0 radical (unpaired) electrons. The molecule has 3 atom stereocenters. The van der Waals surface area contributed by atoms with Crippen molar-refractivity contribution in [3.63, 3.8) is 0 Å². The maximum atomic E-state index is 13.5. The van der Waals surface area contributed by atoms with E-state index in [-0.39, 0.29) is 24.5 Å². The number of hydrazine groups is 1. The van der Waals surface area contributed by atoms with Crippen molar-refractivity contribution >= 4 is 29.0 Å². The van der Waals surface area contributed by atoms with Crippen molar-refractivity contribution in [2.24, 2.45) is 10.9 Å². The smallest absolute Gasteiger partial charge is 0.332 e. The Morgan fingerprint density at radius 2 is 1.76 bits per heavy atom. The first-order valence-electron chi connectivity index (χ1n) is 11.7. The van der Waals surface area contributed by atoms with Crippen molar-refractivity contribution in [2.75, 3.05) is 11.6 Å². The van der Waals surface area contributed by atoms with E-state index in [0.29, 0.717) is 12.1 Å². The molecule has 208 valence electrons. The maximum absolute atomic E-state index is 13.5. The van der Waals surface area contributed by atoms with E-state index in [1.807, 2.05) is 13.8 Å². The van der Waals surface area contributed by atoms with Crippen molar-refractivity contribution in [2.45, 2.75) is 62.4 Å². The number of aromatic nitrogens is 2. The number of nitrogens with zero attached hydrogens (tertiary/aromatic N) is 5. The van der Waals surface area contributed by atoms with Crippen molar-refractivity contribution < 1.29 is 35.3 Å². The molecule has 0 spiro atoms. The molecule has 1 N–H and O–H groups in total. The van der Waals surface area contributed by atoms with Crippen LogP contribution in [0.1, 0.15) is 49.5 Å². The van der Waals surface area contributed by atoms with Crippen LogP contribution in [0.4, 0.5) is 32.3 Å². The number of nitrogens with one attached hydrogen (secondary N) is 1. The summed E-state index contributed by atoms with van der Waals surface area (Å²) >= 11 is 0. The first kappa shape index (κ1) is 29.3. The van der Waals surface area contributed by atoms with E-state index in [0.717, 1.165) is 12.8 Å². The van der Waals surface area contributed by atoms with Crippen LogP contribution in [0.15, 0.2) is 46.5 Å². The Hall–Kier alpha value is -3.23. The Morgan fingerprint density at radius 3 is 2.32 bits per heavy atom. The molecule has 1 aliphatic heterocycles. The second kappa shape index (κ2) is 11.7. The second-order valence-electron chi connectivity index (χ2n) is 8.34. The average Bonchev–Trinajstić information content (AvgIpc) is 3.58. The van der Waals surface area contributed by atoms with Gasteiger partial charge in [-0.25, -0.2) is 24.2 Å². The summed E-state index contributed by atoms with van der Waals surface area (Å²) in [5.41, 5.74) is -4.61. The van der Waals surface area contributed by atoms with Crippen LogP contribution in [0.2, 0.25) is 0 Å². The largest absolute Gasteiger partial charge is 0.475 e. The summed E-state index contributed by atoms with van der Waals surface area (Å²) in [6.45, 7) is 5.77. The lowest BCUT2D eigenvalue weighted by molar-refractivity contribution is -0.137. The fraction of sp³-hybridized carbons (Fsp3) is 0.478. The molecular weight excluding hydrogens is 538 g/mol. The predicted octanol–water partition coefficient (Wildman–Crippen LogP) is 4.77. The predicted molar refractivity (Wildman–Crippen MR) is 128 cm³/mol. The van der Waals surface area contributed by atoms with E-state index >= 15 is 0 Å². The monoisotopic (exact) mass is 564 g/mol. The molecule has 0 saturated heterocycles. The maximum Gasteiger partial charge on any atom is 0.475 e. The van der Waals surface area contributed by atoms with Crippen LogP contribution in [0.25, 0.3) is 0 Å². The Bertz CT molecular complexity index is 1170. The highest BCUT2D eigenvalue weighted by Crippen LogP contribution is 2.36. The van der Waals surface area contributed by atoms with Crippen LogP contribution in [0, 0.1) is 5.92 Å². The summed E-state index contributed by atoms with van der Waals surface area (Å²) in [7, 11) is -3.76.